The number of hydrogen-bond acceptors (Lipinski definition) is 0. The molecule has 1 rings (SSSR count). The fraction of sp³-hybridized carbons (Fsp3) is 0.667. The van der Waals surface area contributed by atoms with Gasteiger partial charge in [0.15, 0.2) is 0 Å². The second kappa shape index (κ2) is 10.2. The molecule has 1 aromatic rings. The van der Waals surface area contributed by atoms with Gasteiger partial charge in [-0.3, -0.25) is 0 Å². The van der Waals surface area contributed by atoms with Gasteiger partial charge >= 0.3 is 0 Å². The van der Waals surface area contributed by atoms with E-state index in [1.807, 2.05) is 0 Å². The van der Waals surface area contributed by atoms with Gasteiger partial charge in [0, 0.05) is 0 Å². The lowest BCUT2D eigenvalue weighted by Gasteiger charge is -2.04. The average Bonchev–Trinajstić information content (AvgIpc) is 2.41. The van der Waals surface area contributed by atoms with Crippen LogP contribution in [0.1, 0.15) is 76.3 Å². The molecule has 0 saturated carbocycles. The van der Waals surface area contributed by atoms with Crippen molar-refractivity contribution in [1.29, 1.82) is 0 Å². The van der Waals surface area contributed by atoms with Crippen LogP contribution in [-0.4, -0.2) is 0 Å². The van der Waals surface area contributed by atoms with Gasteiger partial charge in [-0.25, -0.2) is 0 Å². The van der Waals surface area contributed by atoms with Gasteiger partial charge in [0.25, 0.3) is 0 Å². The molecule has 0 fully saturated rings. The number of benzene rings is 1. The van der Waals surface area contributed by atoms with E-state index in [9.17, 15) is 0 Å². The zero-order valence-electron chi connectivity index (χ0n) is 12.4. The largest absolute Gasteiger partial charge is 0.0654 e. The van der Waals surface area contributed by atoms with Crippen LogP contribution in [0.25, 0.3) is 0 Å². The lowest BCUT2D eigenvalue weighted by Crippen LogP contribution is -1.89. The first-order valence-corrected chi connectivity index (χ1v) is 7.94. The molecule has 102 valence electrons. The fourth-order valence-electron chi connectivity index (χ4n) is 2.38. The summed E-state index contributed by atoms with van der Waals surface area (Å²) in [4.78, 5) is 0. The molecular weight excluding hydrogens is 216 g/mol. The lowest BCUT2D eigenvalue weighted by atomic mass is 10.0. The normalized spacial score (nSPS) is 10.8. The molecule has 0 aliphatic carbocycles. The van der Waals surface area contributed by atoms with Crippen LogP contribution in [0.3, 0.4) is 0 Å². The van der Waals surface area contributed by atoms with Crippen LogP contribution in [0.4, 0.5) is 0 Å². The van der Waals surface area contributed by atoms with Crippen molar-refractivity contribution in [2.75, 3.05) is 0 Å². The molecule has 0 spiro atoms. The number of aryl methyl sites for hydroxylation is 2. The summed E-state index contributed by atoms with van der Waals surface area (Å²) in [7, 11) is 0. The Morgan fingerprint density at radius 2 is 0.944 bits per heavy atom. The number of rotatable bonds is 10. The minimum Gasteiger partial charge on any atom is -0.0654 e. The van der Waals surface area contributed by atoms with Crippen molar-refractivity contribution in [2.45, 2.75) is 78.1 Å². The van der Waals surface area contributed by atoms with Crippen LogP contribution < -0.4 is 0 Å². The van der Waals surface area contributed by atoms with Gasteiger partial charge in [-0.2, -0.15) is 0 Å². The van der Waals surface area contributed by atoms with Gasteiger partial charge in [0.1, 0.15) is 0 Å². The third-order valence-electron chi connectivity index (χ3n) is 3.66. The summed E-state index contributed by atoms with van der Waals surface area (Å²) in [6.07, 6.45) is 13.4. The van der Waals surface area contributed by atoms with Gasteiger partial charge in [-0.15, -0.1) is 0 Å². The Labute approximate surface area is 114 Å². The van der Waals surface area contributed by atoms with E-state index < -0.39 is 0 Å². The lowest BCUT2D eigenvalue weighted by molar-refractivity contribution is 0.663. The first kappa shape index (κ1) is 15.3. The highest BCUT2D eigenvalue weighted by molar-refractivity contribution is 5.22. The molecule has 0 atom stereocenters. The molecule has 0 aromatic heterocycles. The summed E-state index contributed by atoms with van der Waals surface area (Å²) in [5, 5.41) is 0. The monoisotopic (exact) mass is 246 g/mol. The van der Waals surface area contributed by atoms with Crippen LogP contribution in [-0.2, 0) is 12.8 Å². The van der Waals surface area contributed by atoms with E-state index in [4.69, 9.17) is 0 Å². The van der Waals surface area contributed by atoms with E-state index >= 15 is 0 Å². The first-order valence-electron chi connectivity index (χ1n) is 7.94. The zero-order chi connectivity index (χ0) is 13.1. The summed E-state index contributed by atoms with van der Waals surface area (Å²) in [6.45, 7) is 4.54. The van der Waals surface area contributed by atoms with Crippen molar-refractivity contribution in [3.05, 3.63) is 35.4 Å². The van der Waals surface area contributed by atoms with Crippen LogP contribution in [0.15, 0.2) is 24.3 Å². The van der Waals surface area contributed by atoms with E-state index in [0.717, 1.165) is 0 Å². The van der Waals surface area contributed by atoms with Crippen LogP contribution in [0.2, 0.25) is 0 Å². The predicted molar refractivity (Wildman–Crippen MR) is 82.1 cm³/mol. The summed E-state index contributed by atoms with van der Waals surface area (Å²) >= 11 is 0. The number of hydrogen-bond donors (Lipinski definition) is 0. The average molecular weight is 246 g/mol. The second-order valence-electron chi connectivity index (χ2n) is 5.44. The maximum absolute atomic E-state index is 2.33. The highest BCUT2D eigenvalue weighted by Crippen LogP contribution is 2.12. The minimum atomic E-state index is 1.26. The Hall–Kier alpha value is -0.780. The van der Waals surface area contributed by atoms with Crippen molar-refractivity contribution in [2.24, 2.45) is 0 Å². The molecule has 1 aromatic carbocycles. The summed E-state index contributed by atoms with van der Waals surface area (Å²) in [5.74, 6) is 0. The molecule has 0 N–H and O–H groups in total. The summed E-state index contributed by atoms with van der Waals surface area (Å²) in [6, 6.07) is 9.34. The highest BCUT2D eigenvalue weighted by atomic mass is 14.0. The van der Waals surface area contributed by atoms with E-state index in [-0.39, 0.29) is 0 Å². The van der Waals surface area contributed by atoms with E-state index in [2.05, 4.69) is 38.1 Å². The topological polar surface area (TPSA) is 0 Å². The molecule has 0 unspecified atom stereocenters. The van der Waals surface area contributed by atoms with Crippen LogP contribution in [0, 0.1) is 0 Å². The summed E-state index contributed by atoms with van der Waals surface area (Å²) < 4.78 is 0. The summed E-state index contributed by atoms with van der Waals surface area (Å²) in [5.41, 5.74) is 3.03. The quantitative estimate of drug-likeness (QED) is 0.449. The Balaban J connectivity index is 2.20. The molecule has 0 amide bonds. The van der Waals surface area contributed by atoms with Crippen molar-refractivity contribution in [3.8, 4) is 0 Å². The van der Waals surface area contributed by atoms with Crippen molar-refractivity contribution >= 4 is 0 Å². The molecule has 0 aliphatic heterocycles. The van der Waals surface area contributed by atoms with Crippen molar-refractivity contribution in [1.82, 2.24) is 0 Å². The number of unbranched alkanes of at least 4 members (excludes halogenated alkanes) is 6. The van der Waals surface area contributed by atoms with Gasteiger partial charge in [-0.05, 0) is 36.8 Å². The molecule has 18 heavy (non-hydrogen) atoms. The minimum absolute atomic E-state index is 1.26. The Kier molecular flexibility index (Phi) is 8.63. The predicted octanol–water partition coefficient (Wildman–Crippen LogP) is 5.93. The molecule has 0 heteroatoms. The molecule has 0 bridgehead atoms. The van der Waals surface area contributed by atoms with E-state index in [1.54, 1.807) is 0 Å². The maximum atomic E-state index is 2.33. The molecule has 0 heterocycles. The molecule has 0 aliphatic rings. The Morgan fingerprint density at radius 1 is 0.556 bits per heavy atom. The van der Waals surface area contributed by atoms with E-state index in [1.165, 1.54) is 75.3 Å². The van der Waals surface area contributed by atoms with Crippen molar-refractivity contribution < 1.29 is 0 Å². The first-order chi connectivity index (χ1) is 8.86. The van der Waals surface area contributed by atoms with Gasteiger partial charge in [0.05, 0.1) is 0 Å². The van der Waals surface area contributed by atoms with Crippen molar-refractivity contribution in [3.63, 3.8) is 0 Å². The SMILES string of the molecule is CCCCCCc1ccc(CCCCCC)cc1. The van der Waals surface area contributed by atoms with Gasteiger partial charge in [0.2, 0.25) is 0 Å². The third-order valence-corrected chi connectivity index (χ3v) is 3.66. The smallest absolute Gasteiger partial charge is 0.0279 e. The Bertz CT molecular complexity index is 252. The third kappa shape index (κ3) is 6.83. The second-order valence-corrected chi connectivity index (χ2v) is 5.44. The maximum Gasteiger partial charge on any atom is -0.0279 e. The fourth-order valence-corrected chi connectivity index (χ4v) is 2.38. The zero-order valence-corrected chi connectivity index (χ0v) is 12.4. The Morgan fingerprint density at radius 3 is 1.28 bits per heavy atom. The van der Waals surface area contributed by atoms with Gasteiger partial charge in [-0.1, -0.05) is 76.6 Å². The van der Waals surface area contributed by atoms with Gasteiger partial charge < -0.3 is 0 Å². The molecule has 0 radical (unpaired) electrons. The van der Waals surface area contributed by atoms with E-state index in [0.29, 0.717) is 0 Å². The van der Waals surface area contributed by atoms with Crippen LogP contribution in [0.5, 0.6) is 0 Å². The highest BCUT2D eigenvalue weighted by Gasteiger charge is 1.96. The molecular formula is C18H30. The standard InChI is InChI=1S/C18H30/c1-3-5-7-9-11-17-13-15-18(16-14-17)12-10-8-6-4-2/h13-16H,3-12H2,1-2H3. The molecule has 0 saturated heterocycles. The van der Waals surface area contributed by atoms with Crippen LogP contribution >= 0.6 is 0 Å². The molecule has 0 nitrogen and oxygen atoms in total.